The van der Waals surface area contributed by atoms with E-state index in [9.17, 15) is 9.50 Å². The largest absolute Gasteiger partial charge is 0.396 e. The molecule has 1 heterocycles. The summed E-state index contributed by atoms with van der Waals surface area (Å²) in [6.07, 6.45) is 2.11. The Morgan fingerprint density at radius 3 is 2.48 bits per heavy atom. The van der Waals surface area contributed by atoms with Crippen LogP contribution in [-0.4, -0.2) is 24.8 Å². The molecule has 2 aromatic rings. The van der Waals surface area contributed by atoms with Gasteiger partial charge in [-0.2, -0.15) is 0 Å². The van der Waals surface area contributed by atoms with E-state index in [0.29, 0.717) is 24.6 Å². The lowest BCUT2D eigenvalue weighted by Gasteiger charge is -2.33. The highest BCUT2D eigenvalue weighted by atomic mass is 19.1. The minimum atomic E-state index is -0.153. The van der Waals surface area contributed by atoms with Crippen molar-refractivity contribution < 1.29 is 9.50 Å². The van der Waals surface area contributed by atoms with Crippen LogP contribution in [0.1, 0.15) is 29.5 Å². The lowest BCUT2D eigenvalue weighted by molar-refractivity contribution is 0.203. The van der Waals surface area contributed by atoms with Gasteiger partial charge in [0.05, 0.1) is 0 Å². The molecule has 0 aliphatic carbocycles. The molecule has 0 radical (unpaired) electrons. The fourth-order valence-corrected chi connectivity index (χ4v) is 3.38. The van der Waals surface area contributed by atoms with Crippen molar-refractivity contribution in [3.63, 3.8) is 0 Å². The molecule has 4 heteroatoms. The van der Waals surface area contributed by atoms with Gasteiger partial charge in [0.25, 0.3) is 0 Å². The van der Waals surface area contributed by atoms with Crippen molar-refractivity contribution in [2.24, 2.45) is 5.92 Å². The summed E-state index contributed by atoms with van der Waals surface area (Å²) in [5, 5.41) is 12.5. The zero-order chi connectivity index (χ0) is 17.6. The average Bonchev–Trinajstić information content (AvgIpc) is 2.65. The number of aliphatic hydroxyl groups excluding tert-OH is 1. The number of anilines is 1. The highest BCUT2D eigenvalue weighted by molar-refractivity contribution is 5.48. The van der Waals surface area contributed by atoms with E-state index >= 15 is 0 Å². The summed E-state index contributed by atoms with van der Waals surface area (Å²) in [7, 11) is 0. The highest BCUT2D eigenvalue weighted by Crippen LogP contribution is 2.23. The molecular formula is C21H27FN2O. The predicted octanol–water partition coefficient (Wildman–Crippen LogP) is 3.63. The zero-order valence-corrected chi connectivity index (χ0v) is 14.8. The molecule has 0 atom stereocenters. The van der Waals surface area contributed by atoms with E-state index < -0.39 is 0 Å². The lowest BCUT2D eigenvalue weighted by Crippen LogP contribution is -2.34. The number of rotatable bonds is 6. The number of piperidine rings is 1. The van der Waals surface area contributed by atoms with Crippen LogP contribution in [0.25, 0.3) is 0 Å². The first-order valence-corrected chi connectivity index (χ1v) is 9.06. The monoisotopic (exact) mass is 342 g/mol. The quantitative estimate of drug-likeness (QED) is 0.841. The van der Waals surface area contributed by atoms with Crippen LogP contribution in [0.4, 0.5) is 10.1 Å². The SMILES string of the molecule is Cc1ccc(F)c(CNCc2ccc(N3CCC(CO)CC3)cc2)c1. The first-order valence-electron chi connectivity index (χ1n) is 9.06. The maximum absolute atomic E-state index is 13.7. The molecule has 0 spiro atoms. The van der Waals surface area contributed by atoms with E-state index in [0.717, 1.165) is 38.0 Å². The molecule has 134 valence electrons. The third-order valence-corrected chi connectivity index (χ3v) is 5.02. The molecule has 25 heavy (non-hydrogen) atoms. The molecule has 0 aromatic heterocycles. The summed E-state index contributed by atoms with van der Waals surface area (Å²) in [6.45, 7) is 5.56. The molecule has 1 aliphatic rings. The summed E-state index contributed by atoms with van der Waals surface area (Å²) in [5.41, 5.74) is 4.22. The number of hydrogen-bond acceptors (Lipinski definition) is 3. The van der Waals surface area contributed by atoms with Crippen molar-refractivity contribution in [2.45, 2.75) is 32.9 Å². The van der Waals surface area contributed by atoms with Crippen LogP contribution in [0, 0.1) is 18.7 Å². The molecule has 0 bridgehead atoms. The fraction of sp³-hybridized carbons (Fsp3) is 0.429. The predicted molar refractivity (Wildman–Crippen MR) is 100 cm³/mol. The standard InChI is InChI=1S/C21H27FN2O/c1-16-2-7-21(22)19(12-16)14-23-13-17-3-5-20(6-4-17)24-10-8-18(15-25)9-11-24/h2-7,12,18,23,25H,8-11,13-15H2,1H3. The molecule has 2 N–H and O–H groups in total. The first kappa shape index (κ1) is 17.9. The van der Waals surface area contributed by atoms with E-state index in [1.807, 2.05) is 13.0 Å². The summed E-state index contributed by atoms with van der Waals surface area (Å²) >= 11 is 0. The van der Waals surface area contributed by atoms with Gasteiger partial charge in [-0.25, -0.2) is 4.39 Å². The van der Waals surface area contributed by atoms with Crippen LogP contribution in [-0.2, 0) is 13.1 Å². The topological polar surface area (TPSA) is 35.5 Å². The van der Waals surface area contributed by atoms with Crippen molar-refractivity contribution >= 4 is 5.69 Å². The van der Waals surface area contributed by atoms with Gasteiger partial charge in [0.2, 0.25) is 0 Å². The van der Waals surface area contributed by atoms with Gasteiger partial charge in [0, 0.05) is 44.0 Å². The second-order valence-electron chi connectivity index (χ2n) is 6.98. The van der Waals surface area contributed by atoms with Gasteiger partial charge in [-0.3, -0.25) is 0 Å². The van der Waals surface area contributed by atoms with Gasteiger partial charge in [0.1, 0.15) is 5.82 Å². The Hall–Kier alpha value is -1.91. The minimum absolute atomic E-state index is 0.153. The summed E-state index contributed by atoms with van der Waals surface area (Å²) in [5.74, 6) is 0.307. The summed E-state index contributed by atoms with van der Waals surface area (Å²) < 4.78 is 13.7. The number of hydrogen-bond donors (Lipinski definition) is 2. The van der Waals surface area contributed by atoms with Crippen molar-refractivity contribution in [3.05, 3.63) is 65.0 Å². The van der Waals surface area contributed by atoms with Crippen LogP contribution in [0.3, 0.4) is 0 Å². The molecule has 1 fully saturated rings. The van der Waals surface area contributed by atoms with Crippen LogP contribution in [0.5, 0.6) is 0 Å². The molecule has 1 saturated heterocycles. The van der Waals surface area contributed by atoms with E-state index in [-0.39, 0.29) is 5.82 Å². The Kier molecular flexibility index (Phi) is 6.05. The molecule has 0 unspecified atom stereocenters. The maximum Gasteiger partial charge on any atom is 0.127 e. The van der Waals surface area contributed by atoms with Crippen LogP contribution in [0.2, 0.25) is 0 Å². The lowest BCUT2D eigenvalue weighted by atomic mass is 9.97. The van der Waals surface area contributed by atoms with Crippen LogP contribution in [0.15, 0.2) is 42.5 Å². The Labute approximate surface area is 149 Å². The number of aryl methyl sites for hydroxylation is 1. The van der Waals surface area contributed by atoms with Gasteiger partial charge in [-0.05, 0) is 49.4 Å². The Morgan fingerprint density at radius 1 is 1.08 bits per heavy atom. The van der Waals surface area contributed by atoms with Gasteiger partial charge in [-0.15, -0.1) is 0 Å². The zero-order valence-electron chi connectivity index (χ0n) is 14.8. The maximum atomic E-state index is 13.7. The van der Waals surface area contributed by atoms with Crippen molar-refractivity contribution in [3.8, 4) is 0 Å². The molecule has 3 nitrogen and oxygen atoms in total. The smallest absolute Gasteiger partial charge is 0.127 e. The molecule has 0 saturated carbocycles. The third kappa shape index (κ3) is 4.80. The number of nitrogens with one attached hydrogen (secondary N) is 1. The van der Waals surface area contributed by atoms with E-state index in [1.165, 1.54) is 17.3 Å². The van der Waals surface area contributed by atoms with Gasteiger partial charge in [-0.1, -0.05) is 29.8 Å². The van der Waals surface area contributed by atoms with Crippen LogP contribution >= 0.6 is 0 Å². The van der Waals surface area contributed by atoms with Gasteiger partial charge >= 0.3 is 0 Å². The average molecular weight is 342 g/mol. The molecule has 1 aliphatic heterocycles. The van der Waals surface area contributed by atoms with Gasteiger partial charge in [0.15, 0.2) is 0 Å². The number of nitrogens with zero attached hydrogens (tertiary/aromatic N) is 1. The number of halogens is 1. The normalized spacial score (nSPS) is 15.6. The minimum Gasteiger partial charge on any atom is -0.396 e. The Balaban J connectivity index is 1.50. The first-order chi connectivity index (χ1) is 12.2. The molecule has 0 amide bonds. The van der Waals surface area contributed by atoms with E-state index in [2.05, 4.69) is 34.5 Å². The molecule has 3 rings (SSSR count). The van der Waals surface area contributed by atoms with Crippen LogP contribution < -0.4 is 10.2 Å². The Bertz CT molecular complexity index is 679. The van der Waals surface area contributed by atoms with E-state index in [1.54, 1.807) is 6.07 Å². The third-order valence-electron chi connectivity index (χ3n) is 5.02. The summed E-state index contributed by atoms with van der Waals surface area (Å²) in [4.78, 5) is 2.38. The molecule has 2 aromatic carbocycles. The molecular weight excluding hydrogens is 315 g/mol. The number of aliphatic hydroxyl groups is 1. The van der Waals surface area contributed by atoms with Crippen molar-refractivity contribution in [2.75, 3.05) is 24.6 Å². The highest BCUT2D eigenvalue weighted by Gasteiger charge is 2.18. The van der Waals surface area contributed by atoms with Crippen molar-refractivity contribution in [1.29, 1.82) is 0 Å². The Morgan fingerprint density at radius 2 is 1.80 bits per heavy atom. The van der Waals surface area contributed by atoms with E-state index in [4.69, 9.17) is 0 Å². The van der Waals surface area contributed by atoms with Crippen molar-refractivity contribution in [1.82, 2.24) is 5.32 Å². The summed E-state index contributed by atoms with van der Waals surface area (Å²) in [6, 6.07) is 13.8. The number of benzene rings is 2. The second kappa shape index (κ2) is 8.45. The fourth-order valence-electron chi connectivity index (χ4n) is 3.38. The second-order valence-corrected chi connectivity index (χ2v) is 6.98. The van der Waals surface area contributed by atoms with Gasteiger partial charge < -0.3 is 15.3 Å².